The minimum atomic E-state index is -0.00629. The molecule has 2 aromatic heterocycles. The van der Waals surface area contributed by atoms with Crippen molar-refractivity contribution in [2.75, 3.05) is 25.0 Å². The molecule has 25 heavy (non-hydrogen) atoms. The smallest absolute Gasteiger partial charge is 0.274 e. The zero-order chi connectivity index (χ0) is 17.4. The first kappa shape index (κ1) is 15.9. The Hall–Kier alpha value is -2.57. The first-order chi connectivity index (χ1) is 12.1. The first-order valence-electron chi connectivity index (χ1n) is 8.63. The van der Waals surface area contributed by atoms with Gasteiger partial charge >= 0.3 is 0 Å². The summed E-state index contributed by atoms with van der Waals surface area (Å²) in [5.41, 5.74) is 1.66. The molecule has 0 atom stereocenters. The molecule has 2 aliphatic rings. The molecule has 1 aliphatic heterocycles. The molecule has 3 heterocycles. The van der Waals surface area contributed by atoms with Gasteiger partial charge in [0.25, 0.3) is 5.91 Å². The zero-order valence-corrected chi connectivity index (χ0v) is 14.6. The highest BCUT2D eigenvalue weighted by Gasteiger charge is 2.50. The summed E-state index contributed by atoms with van der Waals surface area (Å²) in [4.78, 5) is 33.4. The van der Waals surface area contributed by atoms with Crippen molar-refractivity contribution in [3.8, 4) is 0 Å². The molecule has 2 aromatic rings. The summed E-state index contributed by atoms with van der Waals surface area (Å²) in [7, 11) is 2.09. The molecular weight excluding hydrogens is 316 g/mol. The Morgan fingerprint density at radius 1 is 1.28 bits per heavy atom. The molecule has 7 heteroatoms. The number of aryl methyl sites for hydroxylation is 1. The van der Waals surface area contributed by atoms with E-state index >= 15 is 0 Å². The van der Waals surface area contributed by atoms with Crippen LogP contribution < -0.4 is 4.90 Å². The lowest BCUT2D eigenvalue weighted by atomic mass is 9.64. The van der Waals surface area contributed by atoms with E-state index in [0.29, 0.717) is 11.7 Å². The van der Waals surface area contributed by atoms with Crippen LogP contribution in [0.4, 0.5) is 5.82 Å². The van der Waals surface area contributed by atoms with Gasteiger partial charge in [-0.05, 0) is 31.6 Å². The van der Waals surface area contributed by atoms with Gasteiger partial charge in [-0.2, -0.15) is 0 Å². The van der Waals surface area contributed by atoms with Gasteiger partial charge in [-0.1, -0.05) is 0 Å². The van der Waals surface area contributed by atoms with Gasteiger partial charge in [0.1, 0.15) is 17.8 Å². The van der Waals surface area contributed by atoms with E-state index in [0.717, 1.165) is 43.9 Å². The number of rotatable bonds is 3. The van der Waals surface area contributed by atoms with Crippen molar-refractivity contribution in [2.45, 2.75) is 32.2 Å². The highest BCUT2D eigenvalue weighted by atomic mass is 16.2. The summed E-state index contributed by atoms with van der Waals surface area (Å²) < 4.78 is 0. The van der Waals surface area contributed by atoms with Crippen LogP contribution in [0.3, 0.4) is 0 Å². The molecule has 1 amide bonds. The van der Waals surface area contributed by atoms with Crippen LogP contribution in [0.25, 0.3) is 0 Å². The van der Waals surface area contributed by atoms with E-state index in [1.165, 1.54) is 0 Å². The Morgan fingerprint density at radius 2 is 2.12 bits per heavy atom. The number of nitrogens with zero attached hydrogens (tertiary/aromatic N) is 6. The number of carbonyl (C=O) groups excluding carboxylic acids is 1. The van der Waals surface area contributed by atoms with Crippen molar-refractivity contribution >= 4 is 11.7 Å². The molecule has 4 rings (SSSR count). The monoisotopic (exact) mass is 338 g/mol. The van der Waals surface area contributed by atoms with E-state index in [1.807, 2.05) is 17.9 Å². The third kappa shape index (κ3) is 2.94. The van der Waals surface area contributed by atoms with E-state index in [2.05, 4.69) is 31.9 Å². The fraction of sp³-hybridized carbons (Fsp3) is 0.500. The largest absolute Gasteiger partial charge is 0.357 e. The maximum absolute atomic E-state index is 12.5. The number of anilines is 1. The van der Waals surface area contributed by atoms with Crippen LogP contribution >= 0.6 is 0 Å². The molecule has 7 nitrogen and oxygen atoms in total. The van der Waals surface area contributed by atoms with Gasteiger partial charge in [-0.3, -0.25) is 9.78 Å². The molecule has 0 radical (unpaired) electrons. The lowest BCUT2D eigenvalue weighted by Gasteiger charge is -2.49. The van der Waals surface area contributed by atoms with Gasteiger partial charge in [0.15, 0.2) is 0 Å². The van der Waals surface area contributed by atoms with E-state index in [-0.39, 0.29) is 11.3 Å². The van der Waals surface area contributed by atoms with Crippen LogP contribution in [0, 0.1) is 12.3 Å². The van der Waals surface area contributed by atoms with E-state index in [1.54, 1.807) is 24.9 Å². The summed E-state index contributed by atoms with van der Waals surface area (Å²) in [6, 6.07) is 2.49. The van der Waals surface area contributed by atoms with Gasteiger partial charge < -0.3 is 9.80 Å². The van der Waals surface area contributed by atoms with Crippen LogP contribution in [-0.4, -0.2) is 56.9 Å². The number of amides is 1. The third-order valence-corrected chi connectivity index (χ3v) is 5.54. The Morgan fingerprint density at radius 3 is 2.84 bits per heavy atom. The van der Waals surface area contributed by atoms with Gasteiger partial charge in [-0.25, -0.2) is 15.0 Å². The Balaban J connectivity index is 1.38. The van der Waals surface area contributed by atoms with E-state index < -0.39 is 0 Å². The predicted octanol–water partition coefficient (Wildman–Crippen LogP) is 1.71. The minimum Gasteiger partial charge on any atom is -0.357 e. The second kappa shape index (κ2) is 6.06. The van der Waals surface area contributed by atoms with Crippen molar-refractivity contribution in [2.24, 2.45) is 5.41 Å². The van der Waals surface area contributed by atoms with Gasteiger partial charge in [0, 0.05) is 50.3 Å². The summed E-state index contributed by atoms with van der Waals surface area (Å²) in [6.07, 6.45) is 9.56. The standard InChI is InChI=1S/C18H22N6O/c1-13-7-16(22-12-21-13)23(2)14-8-18(9-14)3-6-24(11-18)17(25)15-10-19-4-5-20-15/h4-5,7,10,12,14H,3,6,8-9,11H2,1-2H3. The molecule has 0 unspecified atom stereocenters. The summed E-state index contributed by atoms with van der Waals surface area (Å²) in [5.74, 6) is 0.964. The molecular formula is C18H22N6O. The lowest BCUT2D eigenvalue weighted by Crippen LogP contribution is -2.51. The van der Waals surface area contributed by atoms with Crippen LogP contribution in [0.2, 0.25) is 0 Å². The number of likely N-dealkylation sites (tertiary alicyclic amines) is 1. The Bertz CT molecular complexity index is 774. The molecule has 130 valence electrons. The van der Waals surface area contributed by atoms with Crippen LogP contribution in [-0.2, 0) is 0 Å². The molecule has 2 fully saturated rings. The highest BCUT2D eigenvalue weighted by molar-refractivity contribution is 5.92. The molecule has 1 saturated carbocycles. The first-order valence-corrected chi connectivity index (χ1v) is 8.63. The van der Waals surface area contributed by atoms with Crippen molar-refractivity contribution in [3.63, 3.8) is 0 Å². The van der Waals surface area contributed by atoms with Crippen molar-refractivity contribution in [1.29, 1.82) is 0 Å². The Kier molecular flexibility index (Phi) is 3.86. The average molecular weight is 338 g/mol. The molecule has 0 aromatic carbocycles. The lowest BCUT2D eigenvalue weighted by molar-refractivity contribution is 0.0693. The number of carbonyl (C=O) groups is 1. The van der Waals surface area contributed by atoms with Gasteiger partial charge in [0.05, 0.1) is 6.20 Å². The number of hydrogen-bond donors (Lipinski definition) is 0. The molecule has 1 saturated heterocycles. The predicted molar refractivity (Wildman–Crippen MR) is 93.2 cm³/mol. The van der Waals surface area contributed by atoms with Crippen molar-refractivity contribution in [3.05, 3.63) is 42.4 Å². The topological polar surface area (TPSA) is 75.1 Å². The molecule has 0 bridgehead atoms. The second-order valence-corrected chi connectivity index (χ2v) is 7.26. The van der Waals surface area contributed by atoms with Crippen molar-refractivity contribution < 1.29 is 4.79 Å². The Labute approximate surface area is 147 Å². The molecule has 1 aliphatic carbocycles. The maximum Gasteiger partial charge on any atom is 0.274 e. The minimum absolute atomic E-state index is 0.00629. The molecule has 1 spiro atoms. The van der Waals surface area contributed by atoms with Crippen molar-refractivity contribution in [1.82, 2.24) is 24.8 Å². The average Bonchev–Trinajstić information content (AvgIpc) is 3.06. The van der Waals surface area contributed by atoms with E-state index in [9.17, 15) is 4.79 Å². The highest BCUT2D eigenvalue weighted by Crippen LogP contribution is 2.50. The fourth-order valence-electron chi connectivity index (χ4n) is 4.05. The quantitative estimate of drug-likeness (QED) is 0.848. The number of aromatic nitrogens is 4. The SMILES string of the molecule is Cc1cc(N(C)C2CC3(CCN(C(=O)c4cnccn4)C3)C2)ncn1. The second-order valence-electron chi connectivity index (χ2n) is 7.26. The maximum atomic E-state index is 12.5. The van der Waals surface area contributed by atoms with Crippen LogP contribution in [0.5, 0.6) is 0 Å². The summed E-state index contributed by atoms with van der Waals surface area (Å²) >= 11 is 0. The van der Waals surface area contributed by atoms with Gasteiger partial charge in [-0.15, -0.1) is 0 Å². The zero-order valence-electron chi connectivity index (χ0n) is 14.6. The molecule has 0 N–H and O–H groups in total. The fourth-order valence-corrected chi connectivity index (χ4v) is 4.05. The van der Waals surface area contributed by atoms with Crippen LogP contribution in [0.1, 0.15) is 35.4 Å². The van der Waals surface area contributed by atoms with Crippen LogP contribution in [0.15, 0.2) is 31.0 Å². The number of hydrogen-bond acceptors (Lipinski definition) is 6. The van der Waals surface area contributed by atoms with Gasteiger partial charge in [0.2, 0.25) is 0 Å². The third-order valence-electron chi connectivity index (χ3n) is 5.54. The van der Waals surface area contributed by atoms with E-state index in [4.69, 9.17) is 0 Å². The normalized spacial score (nSPS) is 25.0. The summed E-state index contributed by atoms with van der Waals surface area (Å²) in [5, 5.41) is 0. The summed E-state index contributed by atoms with van der Waals surface area (Å²) in [6.45, 7) is 3.60.